The van der Waals surface area contributed by atoms with E-state index in [2.05, 4.69) is 26.2 Å². The molecule has 528 valence electrons. The van der Waals surface area contributed by atoms with Gasteiger partial charge in [0.2, 0.25) is 0 Å². The molecule has 1 aliphatic rings. The van der Waals surface area contributed by atoms with Gasteiger partial charge in [0.15, 0.2) is 0 Å². The molecule has 0 amide bonds. The lowest BCUT2D eigenvalue weighted by atomic mass is 10.1. The average molecular weight is 1390 g/mol. The van der Waals surface area contributed by atoms with E-state index in [0.717, 1.165) is 99.7 Å². The Morgan fingerprint density at radius 2 is 0.295 bits per heavy atom. The molecule has 1 fully saturated rings. The lowest BCUT2D eigenvalue weighted by molar-refractivity contribution is 0.0698. The normalized spacial score (nSPS) is 20.7. The molecule has 1 saturated heterocycles. The molecule has 88 heavy (non-hydrogen) atoms. The fraction of sp³-hybridized carbons (Fsp3) is 1.00. The molecule has 0 aromatic rings. The van der Waals surface area contributed by atoms with E-state index in [1.54, 1.807) is 0 Å². The van der Waals surface area contributed by atoms with Crippen LogP contribution in [0.3, 0.4) is 0 Å². The van der Waals surface area contributed by atoms with Gasteiger partial charge in [-0.1, -0.05) is 154 Å². The Morgan fingerprint density at radius 1 is 0.182 bits per heavy atom. The molecule has 24 heteroatoms. The van der Waals surface area contributed by atoms with Crippen LogP contribution >= 0.6 is 0 Å². The molecular formula is C64H144O16Si8. The van der Waals surface area contributed by atoms with Gasteiger partial charge in [0, 0.05) is 103 Å². The smallest absolute Gasteiger partial charge is 0.416 e. The summed E-state index contributed by atoms with van der Waals surface area (Å²) in [5, 5.41) is 0. The first-order chi connectivity index (χ1) is 42.4. The van der Waals surface area contributed by atoms with Crippen molar-refractivity contribution in [2.75, 3.05) is 79.3 Å². The van der Waals surface area contributed by atoms with Gasteiger partial charge < -0.3 is 69.6 Å². The molecule has 0 aromatic carbocycles. The van der Waals surface area contributed by atoms with Crippen molar-refractivity contribution in [1.82, 2.24) is 0 Å². The van der Waals surface area contributed by atoms with Crippen LogP contribution in [0.2, 0.25) is 74.5 Å². The molecule has 0 saturated carbocycles. The third-order valence-electron chi connectivity index (χ3n) is 16.6. The Hall–Kier alpha value is 1.10. The van der Waals surface area contributed by atoms with Crippen molar-refractivity contribution in [3.8, 4) is 0 Å². The number of unbranched alkanes of at least 4 members (excludes halogenated alkanes) is 24. The predicted octanol–water partition coefficient (Wildman–Crippen LogP) is 19.5. The van der Waals surface area contributed by atoms with Crippen LogP contribution < -0.4 is 0 Å². The zero-order valence-electron chi connectivity index (χ0n) is 60.5. The summed E-state index contributed by atoms with van der Waals surface area (Å²) >= 11 is 0. The van der Waals surface area contributed by atoms with Gasteiger partial charge in [-0.2, -0.15) is 0 Å². The van der Waals surface area contributed by atoms with Gasteiger partial charge in [0.1, 0.15) is 0 Å². The second-order valence-electron chi connectivity index (χ2n) is 24.8. The molecule has 0 radical (unpaired) electrons. The van der Waals surface area contributed by atoms with Crippen LogP contribution in [-0.4, -0.2) is 149 Å². The van der Waals surface area contributed by atoms with E-state index in [0.29, 0.717) is 79.3 Å². The van der Waals surface area contributed by atoms with Crippen LogP contribution in [0.5, 0.6) is 0 Å². The molecule has 16 nitrogen and oxygen atoms in total. The Kier molecular flexibility index (Phi) is 51.7. The van der Waals surface area contributed by atoms with E-state index in [9.17, 15) is 0 Å². The van der Waals surface area contributed by atoms with E-state index in [1.807, 2.05) is 83.1 Å². The van der Waals surface area contributed by atoms with Gasteiger partial charge in [-0.05, 0) is 159 Å². The van der Waals surface area contributed by atoms with E-state index in [1.165, 1.54) is 128 Å². The Balaban J connectivity index is 3.27. The second-order valence-corrected chi connectivity index (χ2v) is 50.0. The Bertz CT molecular complexity index is 1310. The topological polar surface area (TPSA) is 148 Å². The Morgan fingerprint density at radius 3 is 0.420 bits per heavy atom. The molecule has 0 aromatic heterocycles. The first-order valence-electron chi connectivity index (χ1n) is 36.9. The first-order valence-corrected chi connectivity index (χ1v) is 54.7. The van der Waals surface area contributed by atoms with Crippen molar-refractivity contribution >= 4 is 69.5 Å². The summed E-state index contributed by atoms with van der Waals surface area (Å²) in [6, 6.07) is 7.52. The van der Waals surface area contributed by atoms with E-state index < -0.39 is 69.5 Å². The number of rotatable bonds is 64. The zero-order valence-corrected chi connectivity index (χ0v) is 68.5. The molecule has 1 aliphatic heterocycles. The van der Waals surface area contributed by atoms with Gasteiger partial charge in [0.25, 0.3) is 0 Å². The summed E-state index contributed by atoms with van der Waals surface area (Å²) in [5.74, 6) is 0. The van der Waals surface area contributed by atoms with Gasteiger partial charge >= 0.3 is 69.5 Å². The number of hydrogen-bond acceptors (Lipinski definition) is 16. The van der Waals surface area contributed by atoms with Gasteiger partial charge in [-0.15, -0.1) is 0 Å². The van der Waals surface area contributed by atoms with Crippen molar-refractivity contribution in [2.45, 2.75) is 337 Å². The van der Waals surface area contributed by atoms with Crippen molar-refractivity contribution < 1.29 is 69.6 Å². The molecule has 0 N–H and O–H groups in total. The highest BCUT2D eigenvalue weighted by Gasteiger charge is 2.56. The average Bonchev–Trinajstić information content (AvgIpc) is 2.61. The van der Waals surface area contributed by atoms with Crippen molar-refractivity contribution in [3.63, 3.8) is 0 Å². The van der Waals surface area contributed by atoms with E-state index in [-0.39, 0.29) is 0 Å². The first kappa shape index (κ1) is 87.1. The lowest BCUT2D eigenvalue weighted by Gasteiger charge is -2.50. The van der Waals surface area contributed by atoms with Crippen LogP contribution in [0, 0.1) is 0 Å². The summed E-state index contributed by atoms with van der Waals surface area (Å²) in [4.78, 5) is 0. The number of hydrogen-bond donors (Lipinski definition) is 0. The fourth-order valence-corrected chi connectivity index (χ4v) is 47.4. The lowest BCUT2D eigenvalue weighted by Crippen LogP contribution is -2.67. The predicted molar refractivity (Wildman–Crippen MR) is 381 cm³/mol. The van der Waals surface area contributed by atoms with Gasteiger partial charge in [-0.3, -0.25) is 0 Å². The highest BCUT2D eigenvalue weighted by atomic mass is 28.5. The minimum Gasteiger partial charge on any atom is -0.416 e. The monoisotopic (exact) mass is 1390 g/mol. The second kappa shape index (κ2) is 52.2. The summed E-state index contributed by atoms with van der Waals surface area (Å²) in [6.07, 6.45) is 32.9. The maximum absolute atomic E-state index is 7.77. The van der Waals surface area contributed by atoms with E-state index >= 15 is 0 Å². The van der Waals surface area contributed by atoms with Crippen LogP contribution in [0.4, 0.5) is 0 Å². The summed E-state index contributed by atoms with van der Waals surface area (Å²) < 4.78 is 105. The Labute approximate surface area is 552 Å². The zero-order chi connectivity index (χ0) is 65.3. The molecule has 0 atom stereocenters. The molecule has 0 spiro atoms. The molecule has 1 rings (SSSR count). The summed E-state index contributed by atoms with van der Waals surface area (Å²) in [5.41, 5.74) is 0. The minimum absolute atomic E-state index is 0.630. The largest absolute Gasteiger partial charge is 0.500 e. The standard InChI is InChI=1S/C64H144O16Si8/c1-17-65-85(66-18-2,67-19-3)61-53-45-37-29-33-41-49-57-81(13)77-82(14,58-50-42-34-30-38-46-54-62-86(68-20-4,69-21-5)70-22-6)79-84(16,60-52-44-36-32-40-48-56-64-88(74-26-10,75-27-11)76-28-12)80-83(15,78-81)59-51-43-35-31-39-47-55-63-87(71-23-7,72-24-8)73-25-9/h17-64H2,1-16H3. The van der Waals surface area contributed by atoms with Gasteiger partial charge in [0.05, 0.1) is 0 Å². The minimum atomic E-state index is -2.73. The fourth-order valence-electron chi connectivity index (χ4n) is 13.0. The third-order valence-corrected chi connectivity index (χ3v) is 48.0. The molecule has 0 aliphatic carbocycles. The third kappa shape index (κ3) is 38.7. The van der Waals surface area contributed by atoms with Crippen molar-refractivity contribution in [3.05, 3.63) is 0 Å². The highest BCUT2D eigenvalue weighted by molar-refractivity contribution is 6.94. The van der Waals surface area contributed by atoms with Crippen LogP contribution in [-0.2, 0) is 69.6 Å². The molecule has 1 heterocycles. The van der Waals surface area contributed by atoms with Crippen LogP contribution in [0.25, 0.3) is 0 Å². The molecule has 0 unspecified atom stereocenters. The molecule has 0 bridgehead atoms. The van der Waals surface area contributed by atoms with Crippen molar-refractivity contribution in [2.24, 2.45) is 0 Å². The summed E-state index contributed by atoms with van der Waals surface area (Å²) in [6.45, 7) is 41.6. The van der Waals surface area contributed by atoms with E-state index in [4.69, 9.17) is 69.6 Å². The van der Waals surface area contributed by atoms with Crippen molar-refractivity contribution in [1.29, 1.82) is 0 Å². The van der Waals surface area contributed by atoms with Crippen LogP contribution in [0.15, 0.2) is 0 Å². The SMILES string of the molecule is CCO[Si](CCCCCCCCC[Si]1(C)O[Si](C)(CCCCCCCCC[Si](OCC)(OCC)OCC)O[Si](C)(CCCCCCCCC[Si](OCC)(OCC)OCC)O[Si](C)(CCCCCCCCC[Si](OCC)(OCC)OCC)O1)(OCC)OCC. The summed E-state index contributed by atoms with van der Waals surface area (Å²) in [7, 11) is -21.3. The van der Waals surface area contributed by atoms with Gasteiger partial charge in [-0.25, -0.2) is 0 Å². The maximum Gasteiger partial charge on any atom is 0.500 e. The molecular weight excluding hydrogens is 1250 g/mol. The highest BCUT2D eigenvalue weighted by Crippen LogP contribution is 2.40. The quantitative estimate of drug-likeness (QED) is 0.0420. The maximum atomic E-state index is 7.77. The van der Waals surface area contributed by atoms with Crippen LogP contribution in [0.1, 0.15) is 263 Å².